The van der Waals surface area contributed by atoms with Gasteiger partial charge in [-0.15, -0.1) is 11.6 Å². The number of anilines is 1. The predicted octanol–water partition coefficient (Wildman–Crippen LogP) is 4.01. The number of sulfonamides is 1. The van der Waals surface area contributed by atoms with Crippen molar-refractivity contribution in [3.05, 3.63) is 82.0 Å². The van der Waals surface area contributed by atoms with Gasteiger partial charge in [-0.1, -0.05) is 24.3 Å². The fraction of sp³-hybridized carbons (Fsp3) is 0.217. The van der Waals surface area contributed by atoms with Gasteiger partial charge in [-0.25, -0.2) is 8.42 Å². The number of rotatable bonds is 7. The van der Waals surface area contributed by atoms with Gasteiger partial charge in [0.25, 0.3) is 5.56 Å². The van der Waals surface area contributed by atoms with Crippen LogP contribution in [0.3, 0.4) is 0 Å². The highest BCUT2D eigenvalue weighted by molar-refractivity contribution is 7.92. The third kappa shape index (κ3) is 4.87. The number of benzene rings is 2. The Labute approximate surface area is 191 Å². The van der Waals surface area contributed by atoms with E-state index in [9.17, 15) is 13.2 Å². The summed E-state index contributed by atoms with van der Waals surface area (Å²) in [4.78, 5) is 15.7. The van der Waals surface area contributed by atoms with Crippen molar-refractivity contribution >= 4 is 39.5 Å². The minimum Gasteiger partial charge on any atom is -0.496 e. The zero-order valence-electron chi connectivity index (χ0n) is 17.6. The molecule has 7 nitrogen and oxygen atoms in total. The van der Waals surface area contributed by atoms with Gasteiger partial charge < -0.3 is 4.74 Å². The summed E-state index contributed by atoms with van der Waals surface area (Å²) in [6.45, 7) is 0. The molecule has 0 aliphatic heterocycles. The Morgan fingerprint density at radius 3 is 2.50 bits per heavy atom. The molecule has 1 saturated carbocycles. The molecule has 3 aromatic rings. The van der Waals surface area contributed by atoms with Crippen LogP contribution in [0.5, 0.6) is 5.75 Å². The van der Waals surface area contributed by atoms with E-state index in [1.807, 2.05) is 24.3 Å². The SMILES string of the molecule is COc1c(/C=C/c2ccc(NS(C)(=O)=O)cc2)cc(-n2ccncc2=O)cc1C1(Cl)CC1. The number of nitrogens with zero attached hydrogens (tertiary/aromatic N) is 2. The van der Waals surface area contributed by atoms with Gasteiger partial charge in [-0.2, -0.15) is 0 Å². The van der Waals surface area contributed by atoms with Crippen molar-refractivity contribution in [2.24, 2.45) is 0 Å². The molecule has 0 radical (unpaired) electrons. The maximum absolute atomic E-state index is 12.3. The molecular formula is C23H22ClN3O4S. The summed E-state index contributed by atoms with van der Waals surface area (Å²) in [6.07, 6.45) is 11.0. The van der Waals surface area contributed by atoms with Crippen LogP contribution in [-0.2, 0) is 14.9 Å². The normalized spacial score (nSPS) is 15.0. The van der Waals surface area contributed by atoms with Gasteiger partial charge in [0.05, 0.1) is 24.4 Å². The van der Waals surface area contributed by atoms with Crippen LogP contribution in [0, 0.1) is 0 Å². The second kappa shape index (κ2) is 8.44. The second-order valence-electron chi connectivity index (χ2n) is 7.70. The van der Waals surface area contributed by atoms with Gasteiger partial charge in [0.1, 0.15) is 5.75 Å². The van der Waals surface area contributed by atoms with E-state index in [0.717, 1.165) is 35.8 Å². The molecule has 0 bridgehead atoms. The minimum absolute atomic E-state index is 0.244. The Morgan fingerprint density at radius 1 is 1.19 bits per heavy atom. The van der Waals surface area contributed by atoms with E-state index >= 15 is 0 Å². The first kappa shape index (κ1) is 22.1. The fourth-order valence-corrected chi connectivity index (χ4v) is 4.26. The highest BCUT2D eigenvalue weighted by Gasteiger charge is 2.45. The Kier molecular flexibility index (Phi) is 5.83. The van der Waals surface area contributed by atoms with Crippen LogP contribution in [0.25, 0.3) is 17.8 Å². The number of ether oxygens (including phenoxy) is 1. The molecule has 1 aliphatic rings. The monoisotopic (exact) mass is 471 g/mol. The van der Waals surface area contributed by atoms with Crippen molar-refractivity contribution in [3.63, 3.8) is 0 Å². The van der Waals surface area contributed by atoms with Crippen LogP contribution in [0.4, 0.5) is 5.69 Å². The first-order valence-corrected chi connectivity index (χ1v) is 12.2. The van der Waals surface area contributed by atoms with E-state index in [0.29, 0.717) is 17.1 Å². The summed E-state index contributed by atoms with van der Waals surface area (Å²) in [7, 11) is -1.73. The Bertz CT molecular complexity index is 1340. The van der Waals surface area contributed by atoms with Gasteiger partial charge in [0, 0.05) is 34.9 Å². The summed E-state index contributed by atoms with van der Waals surface area (Å²) in [5.41, 5.74) is 3.40. The van der Waals surface area contributed by atoms with E-state index < -0.39 is 14.9 Å². The van der Waals surface area contributed by atoms with Crippen molar-refractivity contribution in [3.8, 4) is 11.4 Å². The van der Waals surface area contributed by atoms with E-state index in [4.69, 9.17) is 16.3 Å². The molecular weight excluding hydrogens is 450 g/mol. The van der Waals surface area contributed by atoms with Crippen LogP contribution in [0.15, 0.2) is 59.8 Å². The lowest BCUT2D eigenvalue weighted by Gasteiger charge is -2.18. The number of hydrogen-bond acceptors (Lipinski definition) is 5. The smallest absolute Gasteiger partial charge is 0.273 e. The quantitative estimate of drug-likeness (QED) is 0.415. The van der Waals surface area contributed by atoms with Crippen molar-refractivity contribution in [2.75, 3.05) is 18.1 Å². The zero-order valence-corrected chi connectivity index (χ0v) is 19.2. The molecule has 1 aromatic heterocycles. The average molecular weight is 472 g/mol. The molecule has 0 amide bonds. The molecule has 4 rings (SSSR count). The summed E-state index contributed by atoms with van der Waals surface area (Å²) < 4.78 is 32.4. The maximum atomic E-state index is 12.3. The van der Waals surface area contributed by atoms with E-state index in [-0.39, 0.29) is 5.56 Å². The molecule has 32 heavy (non-hydrogen) atoms. The van der Waals surface area contributed by atoms with Crippen molar-refractivity contribution in [1.29, 1.82) is 0 Å². The average Bonchev–Trinajstić information content (AvgIpc) is 3.50. The van der Waals surface area contributed by atoms with Crippen molar-refractivity contribution in [1.82, 2.24) is 9.55 Å². The predicted molar refractivity (Wildman–Crippen MR) is 127 cm³/mol. The fourth-order valence-electron chi connectivity index (χ4n) is 3.46. The highest BCUT2D eigenvalue weighted by atomic mass is 35.5. The standard InChI is InChI=1S/C23H22ClN3O4S/c1-31-22-17(6-3-16-4-7-18(8-5-16)26-32(2,29)30)13-19(14-20(22)23(24)9-10-23)27-12-11-25-15-21(27)28/h3-8,11-15,26H,9-10H2,1-2H3/b6-3+. The number of methoxy groups -OCH3 is 1. The molecule has 0 atom stereocenters. The van der Waals surface area contributed by atoms with E-state index in [1.54, 1.807) is 43.8 Å². The first-order valence-electron chi connectivity index (χ1n) is 9.89. The van der Waals surface area contributed by atoms with Gasteiger partial charge in [0.2, 0.25) is 10.0 Å². The number of halogens is 1. The van der Waals surface area contributed by atoms with Crippen LogP contribution >= 0.6 is 11.6 Å². The Morgan fingerprint density at radius 2 is 1.91 bits per heavy atom. The largest absolute Gasteiger partial charge is 0.496 e. The number of hydrogen-bond donors (Lipinski definition) is 1. The summed E-state index contributed by atoms with van der Waals surface area (Å²) in [5, 5.41) is 0. The van der Waals surface area contributed by atoms with Crippen molar-refractivity contribution in [2.45, 2.75) is 17.7 Å². The number of alkyl halides is 1. The Hall–Kier alpha value is -3.10. The summed E-state index contributed by atoms with van der Waals surface area (Å²) in [6, 6.07) is 10.7. The molecule has 0 spiro atoms. The molecule has 166 valence electrons. The number of aromatic nitrogens is 2. The van der Waals surface area contributed by atoms with Gasteiger partial charge in [0.15, 0.2) is 0 Å². The lowest BCUT2D eigenvalue weighted by atomic mass is 10.0. The van der Waals surface area contributed by atoms with Crippen LogP contribution in [0.2, 0.25) is 0 Å². The maximum Gasteiger partial charge on any atom is 0.273 e. The van der Waals surface area contributed by atoms with Crippen LogP contribution < -0.4 is 15.0 Å². The van der Waals surface area contributed by atoms with Gasteiger partial charge in [-0.05, 0) is 42.7 Å². The zero-order chi connectivity index (χ0) is 22.9. The van der Waals surface area contributed by atoms with E-state index in [1.165, 1.54) is 10.8 Å². The topological polar surface area (TPSA) is 90.3 Å². The molecule has 0 unspecified atom stereocenters. The summed E-state index contributed by atoms with van der Waals surface area (Å²) >= 11 is 6.75. The Balaban J connectivity index is 1.75. The lowest BCUT2D eigenvalue weighted by Crippen LogP contribution is -2.17. The van der Waals surface area contributed by atoms with Crippen molar-refractivity contribution < 1.29 is 13.2 Å². The lowest BCUT2D eigenvalue weighted by molar-refractivity contribution is 0.407. The second-order valence-corrected chi connectivity index (χ2v) is 10.2. The molecule has 1 N–H and O–H groups in total. The van der Waals surface area contributed by atoms with Gasteiger partial charge >= 0.3 is 0 Å². The molecule has 9 heteroatoms. The molecule has 2 aromatic carbocycles. The number of nitrogens with one attached hydrogen (secondary N) is 1. The molecule has 1 fully saturated rings. The minimum atomic E-state index is -3.33. The molecule has 1 aliphatic carbocycles. The van der Waals surface area contributed by atoms with E-state index in [2.05, 4.69) is 9.71 Å². The molecule has 0 saturated heterocycles. The molecule has 1 heterocycles. The van der Waals surface area contributed by atoms with Crippen LogP contribution in [-0.4, -0.2) is 31.3 Å². The van der Waals surface area contributed by atoms with Gasteiger partial charge in [-0.3, -0.25) is 19.1 Å². The third-order valence-corrected chi connectivity index (χ3v) is 6.34. The summed E-state index contributed by atoms with van der Waals surface area (Å²) in [5.74, 6) is 0.662. The first-order chi connectivity index (χ1) is 15.2. The third-order valence-electron chi connectivity index (χ3n) is 5.15. The highest BCUT2D eigenvalue weighted by Crippen LogP contribution is 2.55. The van der Waals surface area contributed by atoms with Crippen LogP contribution in [0.1, 0.15) is 29.5 Å².